The molecule has 0 radical (unpaired) electrons. The van der Waals surface area contributed by atoms with Gasteiger partial charge in [0.1, 0.15) is 5.75 Å². The number of hydrogen-bond donors (Lipinski definition) is 2. The lowest BCUT2D eigenvalue weighted by atomic mass is 9.94. The number of piperidine rings is 1. The van der Waals surface area contributed by atoms with Crippen LogP contribution < -0.4 is 5.32 Å². The minimum absolute atomic E-state index is 0.264. The van der Waals surface area contributed by atoms with Crippen LogP contribution in [-0.2, 0) is 6.54 Å². The molecule has 0 unspecified atom stereocenters. The monoisotopic (exact) mass is 404 g/mol. The van der Waals surface area contributed by atoms with E-state index in [1.807, 2.05) is 12.1 Å². The topological polar surface area (TPSA) is 35.5 Å². The Morgan fingerprint density at radius 1 is 1.25 bits per heavy atom. The quantitative estimate of drug-likeness (QED) is 0.732. The Balaban J connectivity index is 1.71. The van der Waals surface area contributed by atoms with Gasteiger partial charge in [0.05, 0.1) is 8.95 Å². The van der Waals surface area contributed by atoms with Gasteiger partial charge in [-0.15, -0.1) is 0 Å². The van der Waals surface area contributed by atoms with E-state index in [1.165, 1.54) is 37.9 Å². The van der Waals surface area contributed by atoms with E-state index in [0.717, 1.165) is 28.0 Å². The SMILES string of the molecule is CN1CCC(CCNCc2cc(Br)c(O)c(Br)c2)CC1. The van der Waals surface area contributed by atoms with Crippen molar-refractivity contribution < 1.29 is 5.11 Å². The highest BCUT2D eigenvalue weighted by Crippen LogP contribution is 2.33. The van der Waals surface area contributed by atoms with Gasteiger partial charge in [0.2, 0.25) is 0 Å². The first-order valence-corrected chi connectivity index (χ1v) is 8.71. The number of likely N-dealkylation sites (tertiary alicyclic amines) is 1. The minimum atomic E-state index is 0.264. The van der Waals surface area contributed by atoms with E-state index in [2.05, 4.69) is 49.1 Å². The third-order valence-corrected chi connectivity index (χ3v) is 5.18. The maximum Gasteiger partial charge on any atom is 0.143 e. The molecule has 1 fully saturated rings. The second kappa shape index (κ2) is 7.78. The van der Waals surface area contributed by atoms with E-state index in [4.69, 9.17) is 0 Å². The summed E-state index contributed by atoms with van der Waals surface area (Å²) < 4.78 is 1.47. The molecule has 5 heteroatoms. The van der Waals surface area contributed by atoms with Crippen LogP contribution in [0.4, 0.5) is 0 Å². The fourth-order valence-corrected chi connectivity index (χ4v) is 3.89. The molecule has 2 rings (SSSR count). The Bertz CT molecular complexity index is 422. The molecule has 0 atom stereocenters. The van der Waals surface area contributed by atoms with Gasteiger partial charge in [-0.05, 0) is 101 Å². The first-order chi connectivity index (χ1) is 9.56. The Morgan fingerprint density at radius 3 is 2.45 bits per heavy atom. The van der Waals surface area contributed by atoms with E-state index >= 15 is 0 Å². The molecular weight excluding hydrogens is 384 g/mol. The van der Waals surface area contributed by atoms with Crippen molar-refractivity contribution in [3.8, 4) is 5.75 Å². The number of benzene rings is 1. The number of hydrogen-bond acceptors (Lipinski definition) is 3. The molecule has 1 aliphatic heterocycles. The lowest BCUT2D eigenvalue weighted by Gasteiger charge is -2.28. The summed E-state index contributed by atoms with van der Waals surface area (Å²) in [7, 11) is 2.20. The molecule has 0 bridgehead atoms. The number of phenolic OH excluding ortho intramolecular Hbond substituents is 1. The maximum absolute atomic E-state index is 9.68. The van der Waals surface area contributed by atoms with E-state index in [9.17, 15) is 5.11 Å². The average molecular weight is 406 g/mol. The Morgan fingerprint density at radius 2 is 1.85 bits per heavy atom. The number of aromatic hydroxyl groups is 1. The number of nitrogens with one attached hydrogen (secondary N) is 1. The molecule has 3 nitrogen and oxygen atoms in total. The summed E-state index contributed by atoms with van der Waals surface area (Å²) >= 11 is 6.72. The zero-order valence-electron chi connectivity index (χ0n) is 11.8. The first-order valence-electron chi connectivity index (χ1n) is 7.12. The summed E-state index contributed by atoms with van der Waals surface area (Å²) in [5, 5.41) is 13.2. The van der Waals surface area contributed by atoms with Gasteiger partial charge in [-0.3, -0.25) is 0 Å². The second-order valence-corrected chi connectivity index (χ2v) is 7.33. The van der Waals surface area contributed by atoms with Crippen molar-refractivity contribution in [3.63, 3.8) is 0 Å². The lowest BCUT2D eigenvalue weighted by molar-refractivity contribution is 0.211. The van der Waals surface area contributed by atoms with Crippen LogP contribution in [0.25, 0.3) is 0 Å². The van der Waals surface area contributed by atoms with Crippen LogP contribution in [0.3, 0.4) is 0 Å². The summed E-state index contributed by atoms with van der Waals surface area (Å²) in [6.07, 6.45) is 3.91. The molecule has 20 heavy (non-hydrogen) atoms. The number of phenols is 1. The summed E-state index contributed by atoms with van der Waals surface area (Å²) in [4.78, 5) is 2.41. The summed E-state index contributed by atoms with van der Waals surface area (Å²) in [6.45, 7) is 4.37. The van der Waals surface area contributed by atoms with E-state index in [0.29, 0.717) is 0 Å². The Kier molecular flexibility index (Phi) is 6.33. The van der Waals surface area contributed by atoms with Gasteiger partial charge in [-0.2, -0.15) is 0 Å². The summed E-state index contributed by atoms with van der Waals surface area (Å²) in [6, 6.07) is 3.92. The van der Waals surface area contributed by atoms with Crippen LogP contribution in [0.15, 0.2) is 21.1 Å². The van der Waals surface area contributed by atoms with Crippen LogP contribution in [0.1, 0.15) is 24.8 Å². The van der Waals surface area contributed by atoms with Crippen molar-refractivity contribution in [2.75, 3.05) is 26.7 Å². The van der Waals surface area contributed by atoms with Crippen LogP contribution in [0, 0.1) is 5.92 Å². The van der Waals surface area contributed by atoms with Gasteiger partial charge in [0.15, 0.2) is 0 Å². The van der Waals surface area contributed by atoms with Crippen LogP contribution in [0.2, 0.25) is 0 Å². The van der Waals surface area contributed by atoms with Crippen molar-refractivity contribution in [1.29, 1.82) is 0 Å². The van der Waals surface area contributed by atoms with Crippen molar-refractivity contribution in [2.45, 2.75) is 25.8 Å². The third-order valence-electron chi connectivity index (χ3n) is 3.97. The average Bonchev–Trinajstić information content (AvgIpc) is 2.43. The normalized spacial score (nSPS) is 17.6. The largest absolute Gasteiger partial charge is 0.506 e. The van der Waals surface area contributed by atoms with Gasteiger partial charge in [0, 0.05) is 6.54 Å². The molecule has 112 valence electrons. The van der Waals surface area contributed by atoms with E-state index in [-0.39, 0.29) is 5.75 Å². The molecule has 2 N–H and O–H groups in total. The highest BCUT2D eigenvalue weighted by molar-refractivity contribution is 9.11. The van der Waals surface area contributed by atoms with Crippen molar-refractivity contribution in [2.24, 2.45) is 5.92 Å². The zero-order chi connectivity index (χ0) is 14.5. The van der Waals surface area contributed by atoms with Gasteiger partial charge in [-0.25, -0.2) is 0 Å². The highest BCUT2D eigenvalue weighted by Gasteiger charge is 2.15. The molecule has 0 spiro atoms. The standard InChI is InChI=1S/C15H22Br2N2O/c1-19-6-3-11(4-7-19)2-5-18-10-12-8-13(16)15(20)14(17)9-12/h8-9,11,18,20H,2-7,10H2,1H3. The van der Waals surface area contributed by atoms with Crippen LogP contribution >= 0.6 is 31.9 Å². The fourth-order valence-electron chi connectivity index (χ4n) is 2.61. The molecule has 0 saturated carbocycles. The summed E-state index contributed by atoms with van der Waals surface area (Å²) in [5.41, 5.74) is 1.17. The second-order valence-electron chi connectivity index (χ2n) is 5.62. The predicted octanol–water partition coefficient (Wildman–Crippen LogP) is 3.74. The van der Waals surface area contributed by atoms with Crippen molar-refractivity contribution in [3.05, 3.63) is 26.6 Å². The number of halogens is 2. The lowest BCUT2D eigenvalue weighted by Crippen LogP contribution is -2.31. The van der Waals surface area contributed by atoms with Gasteiger partial charge in [0.25, 0.3) is 0 Å². The van der Waals surface area contributed by atoms with Gasteiger partial charge < -0.3 is 15.3 Å². The molecule has 1 heterocycles. The smallest absolute Gasteiger partial charge is 0.143 e. The van der Waals surface area contributed by atoms with Crippen molar-refractivity contribution >= 4 is 31.9 Å². The highest BCUT2D eigenvalue weighted by atomic mass is 79.9. The van der Waals surface area contributed by atoms with E-state index in [1.54, 1.807) is 0 Å². The van der Waals surface area contributed by atoms with Gasteiger partial charge >= 0.3 is 0 Å². The molecule has 0 aromatic heterocycles. The van der Waals surface area contributed by atoms with Crippen molar-refractivity contribution in [1.82, 2.24) is 10.2 Å². The van der Waals surface area contributed by atoms with Crippen LogP contribution in [0.5, 0.6) is 5.75 Å². The molecule has 0 amide bonds. The minimum Gasteiger partial charge on any atom is -0.506 e. The number of nitrogens with zero attached hydrogens (tertiary/aromatic N) is 1. The molecule has 1 aliphatic rings. The Hall–Kier alpha value is -0.100. The zero-order valence-corrected chi connectivity index (χ0v) is 15.0. The first kappa shape index (κ1) is 16.3. The fraction of sp³-hybridized carbons (Fsp3) is 0.600. The van der Waals surface area contributed by atoms with Crippen LogP contribution in [-0.4, -0.2) is 36.7 Å². The maximum atomic E-state index is 9.68. The third kappa shape index (κ3) is 4.72. The molecule has 0 aliphatic carbocycles. The Labute approximate surface area is 138 Å². The van der Waals surface area contributed by atoms with E-state index < -0.39 is 0 Å². The molecule has 1 aromatic rings. The van der Waals surface area contributed by atoms with Gasteiger partial charge in [-0.1, -0.05) is 0 Å². The molecular formula is C15H22Br2N2O. The predicted molar refractivity (Wildman–Crippen MR) is 90.1 cm³/mol. The number of rotatable bonds is 5. The molecule has 1 saturated heterocycles. The molecule has 1 aromatic carbocycles. The summed E-state index contributed by atoms with van der Waals surface area (Å²) in [5.74, 6) is 1.14.